The molecule has 0 aliphatic carbocycles. The summed E-state index contributed by atoms with van der Waals surface area (Å²) >= 11 is 0. The van der Waals surface area contributed by atoms with E-state index in [1.54, 1.807) is 0 Å². The first-order chi connectivity index (χ1) is 8.03. The topological polar surface area (TPSA) is 85.3 Å². The van der Waals surface area contributed by atoms with Gasteiger partial charge in [-0.1, -0.05) is 19.3 Å². The maximum absolute atomic E-state index is 11.9. The van der Waals surface area contributed by atoms with Gasteiger partial charge in [0.15, 0.2) is 0 Å². The monoisotopic (exact) mass is 256 g/mol. The second kappa shape index (κ2) is 5.87. The minimum atomic E-state index is -3.70. The second-order valence-electron chi connectivity index (χ2n) is 3.55. The van der Waals surface area contributed by atoms with Gasteiger partial charge in [0.1, 0.15) is 5.76 Å². The van der Waals surface area contributed by atoms with Gasteiger partial charge in [-0.05, 0) is 18.6 Å². The third-order valence-electron chi connectivity index (χ3n) is 2.18. The molecular formula is C11H16N2O3S. The molecule has 3 N–H and O–H groups in total. The van der Waals surface area contributed by atoms with Crippen LogP contribution in [0.3, 0.4) is 0 Å². The van der Waals surface area contributed by atoms with Gasteiger partial charge in [0, 0.05) is 0 Å². The molecule has 1 aromatic rings. The van der Waals surface area contributed by atoms with Gasteiger partial charge in [-0.15, -0.1) is 6.42 Å². The number of furan rings is 1. The Bertz CT molecular complexity index is 499. The summed E-state index contributed by atoms with van der Waals surface area (Å²) in [6, 6.07) is 2.37. The molecule has 0 spiro atoms. The van der Waals surface area contributed by atoms with Crippen molar-refractivity contribution in [3.05, 3.63) is 17.9 Å². The Kier molecular flexibility index (Phi) is 4.75. The van der Waals surface area contributed by atoms with Crippen LogP contribution in [0.2, 0.25) is 0 Å². The van der Waals surface area contributed by atoms with Gasteiger partial charge in [-0.2, -0.15) is 4.72 Å². The third-order valence-corrected chi connectivity index (χ3v) is 3.52. The largest absolute Gasteiger partial charge is 0.447 e. The van der Waals surface area contributed by atoms with Crippen LogP contribution in [0.25, 0.3) is 0 Å². The zero-order valence-corrected chi connectivity index (χ0v) is 10.5. The summed E-state index contributed by atoms with van der Waals surface area (Å²) in [5.41, 5.74) is 5.34. The predicted octanol–water partition coefficient (Wildman–Crippen LogP) is 0.819. The Labute approximate surface area is 101 Å². The van der Waals surface area contributed by atoms with Crippen LogP contribution in [0, 0.1) is 12.3 Å². The van der Waals surface area contributed by atoms with Crippen LogP contribution >= 0.6 is 0 Å². The Morgan fingerprint density at radius 3 is 2.76 bits per heavy atom. The Morgan fingerprint density at radius 1 is 1.59 bits per heavy atom. The summed E-state index contributed by atoms with van der Waals surface area (Å²) in [6.45, 7) is 2.08. The van der Waals surface area contributed by atoms with Gasteiger partial charge in [0.2, 0.25) is 5.09 Å². The van der Waals surface area contributed by atoms with E-state index in [-0.39, 0.29) is 11.6 Å². The molecule has 1 unspecified atom stereocenters. The first-order valence-corrected chi connectivity index (χ1v) is 6.79. The molecule has 0 fully saturated rings. The molecule has 17 heavy (non-hydrogen) atoms. The molecule has 0 radical (unpaired) electrons. The van der Waals surface area contributed by atoms with Crippen LogP contribution in [-0.2, 0) is 16.6 Å². The predicted molar refractivity (Wildman–Crippen MR) is 64.4 cm³/mol. The molecular weight excluding hydrogens is 240 g/mol. The molecule has 1 aromatic heterocycles. The van der Waals surface area contributed by atoms with Crippen LogP contribution in [0.1, 0.15) is 25.5 Å². The van der Waals surface area contributed by atoms with Gasteiger partial charge in [0.05, 0.1) is 12.6 Å². The van der Waals surface area contributed by atoms with Crippen molar-refractivity contribution in [1.82, 2.24) is 4.72 Å². The lowest BCUT2D eigenvalue weighted by Gasteiger charge is -2.10. The van der Waals surface area contributed by atoms with E-state index in [1.807, 2.05) is 6.92 Å². The molecule has 94 valence electrons. The van der Waals surface area contributed by atoms with Crippen molar-refractivity contribution in [2.24, 2.45) is 5.73 Å². The summed E-state index contributed by atoms with van der Waals surface area (Å²) in [5.74, 6) is 2.81. The van der Waals surface area contributed by atoms with Crippen LogP contribution in [0.5, 0.6) is 0 Å². The minimum Gasteiger partial charge on any atom is -0.447 e. The lowest BCUT2D eigenvalue weighted by molar-refractivity contribution is 0.411. The van der Waals surface area contributed by atoms with E-state index in [2.05, 4.69) is 10.6 Å². The first kappa shape index (κ1) is 13.8. The van der Waals surface area contributed by atoms with Crippen LogP contribution in [-0.4, -0.2) is 14.5 Å². The van der Waals surface area contributed by atoms with Crippen molar-refractivity contribution in [3.8, 4) is 12.3 Å². The van der Waals surface area contributed by atoms with Gasteiger partial charge >= 0.3 is 0 Å². The second-order valence-corrected chi connectivity index (χ2v) is 5.20. The fraction of sp³-hybridized carbons (Fsp3) is 0.455. The Morgan fingerprint density at radius 2 is 2.29 bits per heavy atom. The molecule has 6 heteroatoms. The number of nitrogens with one attached hydrogen (secondary N) is 1. The summed E-state index contributed by atoms with van der Waals surface area (Å²) in [4.78, 5) is 0. The minimum absolute atomic E-state index is 0.156. The van der Waals surface area contributed by atoms with Crippen molar-refractivity contribution < 1.29 is 12.8 Å². The summed E-state index contributed by atoms with van der Waals surface area (Å²) in [6.07, 6.45) is 6.63. The normalized spacial score (nSPS) is 13.2. The fourth-order valence-corrected chi connectivity index (χ4v) is 2.46. The highest BCUT2D eigenvalue weighted by molar-refractivity contribution is 7.89. The van der Waals surface area contributed by atoms with Gasteiger partial charge in [-0.25, -0.2) is 8.42 Å². The third kappa shape index (κ3) is 3.60. The smallest absolute Gasteiger partial charge is 0.275 e. The van der Waals surface area contributed by atoms with Gasteiger partial charge < -0.3 is 10.2 Å². The summed E-state index contributed by atoms with van der Waals surface area (Å²) in [7, 11) is -3.70. The Hall–Kier alpha value is -1.29. The maximum atomic E-state index is 11.9. The Balaban J connectivity index is 2.85. The molecule has 0 aromatic carbocycles. The van der Waals surface area contributed by atoms with E-state index in [9.17, 15) is 8.42 Å². The zero-order valence-electron chi connectivity index (χ0n) is 9.64. The quantitative estimate of drug-likeness (QED) is 0.738. The number of rotatable bonds is 6. The van der Waals surface area contributed by atoms with Crippen LogP contribution in [0.15, 0.2) is 21.6 Å². The standard InChI is InChI=1S/C11H16N2O3S/c1-3-5-9(4-2)13-17(14,15)11-7-6-10(8-12)16-11/h2,6-7,9,13H,3,5,8,12H2,1H3. The number of hydrogen-bond donors (Lipinski definition) is 2. The molecule has 5 nitrogen and oxygen atoms in total. The molecule has 0 bridgehead atoms. The van der Waals surface area contributed by atoms with Crippen molar-refractivity contribution >= 4 is 10.0 Å². The molecule has 0 aliphatic heterocycles. The number of terminal acetylenes is 1. The molecule has 0 amide bonds. The van der Waals surface area contributed by atoms with Crippen LogP contribution < -0.4 is 10.5 Å². The lowest BCUT2D eigenvalue weighted by Crippen LogP contribution is -2.33. The van der Waals surface area contributed by atoms with Crippen molar-refractivity contribution in [3.63, 3.8) is 0 Å². The summed E-state index contributed by atoms with van der Waals surface area (Å²) in [5, 5.41) is -0.158. The van der Waals surface area contributed by atoms with Crippen LogP contribution in [0.4, 0.5) is 0 Å². The van der Waals surface area contributed by atoms with E-state index in [0.717, 1.165) is 6.42 Å². The fourth-order valence-electron chi connectivity index (χ4n) is 1.32. The molecule has 1 heterocycles. The molecule has 1 rings (SSSR count). The van der Waals surface area contributed by atoms with E-state index in [1.165, 1.54) is 12.1 Å². The van der Waals surface area contributed by atoms with E-state index >= 15 is 0 Å². The molecule has 1 atom stereocenters. The number of sulfonamides is 1. The average Bonchev–Trinajstić information content (AvgIpc) is 2.77. The first-order valence-electron chi connectivity index (χ1n) is 5.30. The highest BCUT2D eigenvalue weighted by Crippen LogP contribution is 2.14. The molecule has 0 saturated heterocycles. The lowest BCUT2D eigenvalue weighted by atomic mass is 10.2. The SMILES string of the molecule is C#CC(CCC)NS(=O)(=O)c1ccc(CN)o1. The van der Waals surface area contributed by atoms with Gasteiger partial charge in [0.25, 0.3) is 10.0 Å². The van der Waals surface area contributed by atoms with E-state index in [4.69, 9.17) is 16.6 Å². The highest BCUT2D eigenvalue weighted by Gasteiger charge is 2.21. The maximum Gasteiger partial charge on any atom is 0.275 e. The zero-order chi connectivity index (χ0) is 12.9. The average molecular weight is 256 g/mol. The summed E-state index contributed by atoms with van der Waals surface area (Å²) < 4.78 is 31.2. The van der Waals surface area contributed by atoms with Gasteiger partial charge in [-0.3, -0.25) is 0 Å². The highest BCUT2D eigenvalue weighted by atomic mass is 32.2. The van der Waals surface area contributed by atoms with Crippen molar-refractivity contribution in [1.29, 1.82) is 0 Å². The van der Waals surface area contributed by atoms with Crippen molar-refractivity contribution in [2.45, 2.75) is 37.4 Å². The van der Waals surface area contributed by atoms with Crippen molar-refractivity contribution in [2.75, 3.05) is 0 Å². The number of hydrogen-bond acceptors (Lipinski definition) is 4. The van der Waals surface area contributed by atoms with E-state index < -0.39 is 16.1 Å². The van der Waals surface area contributed by atoms with E-state index in [0.29, 0.717) is 12.2 Å². The molecule has 0 saturated carbocycles. The molecule has 0 aliphatic rings. The number of nitrogens with two attached hydrogens (primary N) is 1.